The van der Waals surface area contributed by atoms with Crippen LogP contribution in [0.15, 0.2) is 23.0 Å². The molecule has 2 nitrogen and oxygen atoms in total. The zero-order valence-corrected chi connectivity index (χ0v) is 13.4. The van der Waals surface area contributed by atoms with E-state index in [4.69, 9.17) is 34.8 Å². The summed E-state index contributed by atoms with van der Waals surface area (Å²) in [5.74, 6) is 0. The Hall–Kier alpha value is -0.320. The van der Waals surface area contributed by atoms with Gasteiger partial charge in [0.25, 0.3) is 0 Å². The van der Waals surface area contributed by atoms with Gasteiger partial charge in [-0.3, -0.25) is 0 Å². The molecule has 1 aromatic carbocycles. The lowest BCUT2D eigenvalue weighted by Gasteiger charge is -2.16. The predicted octanol–water partition coefficient (Wildman–Crippen LogP) is 5.00. The van der Waals surface area contributed by atoms with Crippen LogP contribution in [0.2, 0.25) is 15.1 Å². The van der Waals surface area contributed by atoms with Crippen LogP contribution in [-0.4, -0.2) is 11.5 Å². The summed E-state index contributed by atoms with van der Waals surface area (Å²) in [4.78, 5) is 4.24. The number of rotatable bonds is 5. The SMILES string of the molecule is CC(NCCc1cscn1)c1ccc(Cl)c(Cl)c1Cl. The summed E-state index contributed by atoms with van der Waals surface area (Å²) < 4.78 is 0. The van der Waals surface area contributed by atoms with Crippen LogP contribution in [0.1, 0.15) is 24.2 Å². The fourth-order valence-corrected chi connectivity index (χ4v) is 3.06. The van der Waals surface area contributed by atoms with Gasteiger partial charge in [0.15, 0.2) is 0 Å². The van der Waals surface area contributed by atoms with E-state index in [2.05, 4.69) is 15.7 Å². The average Bonchev–Trinajstić information content (AvgIpc) is 2.89. The van der Waals surface area contributed by atoms with Gasteiger partial charge in [-0.25, -0.2) is 4.98 Å². The first-order chi connectivity index (χ1) is 9.09. The van der Waals surface area contributed by atoms with E-state index in [1.54, 1.807) is 17.4 Å². The van der Waals surface area contributed by atoms with Crippen LogP contribution < -0.4 is 5.32 Å². The highest BCUT2D eigenvalue weighted by Gasteiger charge is 2.13. The number of hydrogen-bond acceptors (Lipinski definition) is 3. The summed E-state index contributed by atoms with van der Waals surface area (Å²) in [7, 11) is 0. The molecule has 1 N–H and O–H groups in total. The van der Waals surface area contributed by atoms with Gasteiger partial charge in [-0.15, -0.1) is 11.3 Å². The highest BCUT2D eigenvalue weighted by molar-refractivity contribution is 7.07. The minimum absolute atomic E-state index is 0.112. The molecule has 1 heterocycles. The van der Waals surface area contributed by atoms with Crippen molar-refractivity contribution in [3.8, 4) is 0 Å². The first-order valence-corrected chi connectivity index (χ1v) is 7.91. The Balaban J connectivity index is 1.96. The number of hydrogen-bond donors (Lipinski definition) is 1. The Bertz CT molecular complexity index is 543. The van der Waals surface area contributed by atoms with Gasteiger partial charge in [-0.2, -0.15) is 0 Å². The Morgan fingerprint density at radius 3 is 2.74 bits per heavy atom. The quantitative estimate of drug-likeness (QED) is 0.778. The van der Waals surface area contributed by atoms with Gasteiger partial charge in [0.1, 0.15) is 0 Å². The summed E-state index contributed by atoms with van der Waals surface area (Å²) in [6, 6.07) is 3.78. The summed E-state index contributed by atoms with van der Waals surface area (Å²) >= 11 is 19.8. The molecule has 0 spiro atoms. The molecule has 2 aromatic rings. The molecule has 1 atom stereocenters. The standard InChI is InChI=1S/C13H13Cl3N2S/c1-8(17-5-4-9-6-19-7-18-9)10-2-3-11(14)13(16)12(10)15/h2-3,6-8,17H,4-5H2,1H3. The van der Waals surface area contributed by atoms with Crippen molar-refractivity contribution in [3.63, 3.8) is 0 Å². The van der Waals surface area contributed by atoms with Crippen molar-refractivity contribution in [3.05, 3.63) is 49.3 Å². The average molecular weight is 336 g/mol. The number of aromatic nitrogens is 1. The molecule has 2 rings (SSSR count). The molecule has 1 unspecified atom stereocenters. The van der Waals surface area contributed by atoms with Gasteiger partial charge in [0.2, 0.25) is 0 Å². The number of benzene rings is 1. The molecule has 0 radical (unpaired) electrons. The molecule has 0 saturated carbocycles. The van der Waals surface area contributed by atoms with E-state index in [1.807, 2.05) is 18.5 Å². The second kappa shape index (κ2) is 6.91. The van der Waals surface area contributed by atoms with Crippen molar-refractivity contribution in [1.82, 2.24) is 10.3 Å². The monoisotopic (exact) mass is 334 g/mol. The fourth-order valence-electron chi connectivity index (χ4n) is 1.76. The Kier molecular flexibility index (Phi) is 5.48. The minimum atomic E-state index is 0.112. The highest BCUT2D eigenvalue weighted by atomic mass is 35.5. The predicted molar refractivity (Wildman–Crippen MR) is 83.7 cm³/mol. The van der Waals surface area contributed by atoms with Crippen LogP contribution in [0, 0.1) is 0 Å². The first-order valence-electron chi connectivity index (χ1n) is 5.83. The van der Waals surface area contributed by atoms with E-state index in [-0.39, 0.29) is 6.04 Å². The first kappa shape index (κ1) is 15.1. The lowest BCUT2D eigenvalue weighted by atomic mass is 10.1. The largest absolute Gasteiger partial charge is 0.310 e. The number of thiazole rings is 1. The van der Waals surface area contributed by atoms with E-state index in [1.165, 1.54) is 0 Å². The van der Waals surface area contributed by atoms with Gasteiger partial charge < -0.3 is 5.32 Å². The van der Waals surface area contributed by atoms with Crippen LogP contribution in [-0.2, 0) is 6.42 Å². The summed E-state index contributed by atoms with van der Waals surface area (Å²) in [6.07, 6.45) is 0.896. The third-order valence-corrected chi connectivity index (χ3v) is 4.79. The molecule has 0 aliphatic heterocycles. The second-order valence-corrected chi connectivity index (χ2v) is 6.05. The number of nitrogens with one attached hydrogen (secondary N) is 1. The molecule has 19 heavy (non-hydrogen) atoms. The summed E-state index contributed by atoms with van der Waals surface area (Å²) in [5, 5.41) is 6.86. The van der Waals surface area contributed by atoms with Gasteiger partial charge in [-0.1, -0.05) is 40.9 Å². The lowest BCUT2D eigenvalue weighted by molar-refractivity contribution is 0.575. The number of nitrogens with zero attached hydrogens (tertiary/aromatic N) is 1. The van der Waals surface area contributed by atoms with Crippen LogP contribution in [0.25, 0.3) is 0 Å². The van der Waals surface area contributed by atoms with Crippen molar-refractivity contribution in [2.75, 3.05) is 6.54 Å². The molecule has 0 fully saturated rings. The Labute approximate surface area is 131 Å². The normalized spacial score (nSPS) is 12.6. The van der Waals surface area contributed by atoms with Crippen LogP contribution in [0.3, 0.4) is 0 Å². The molecule has 0 aliphatic carbocycles. The second-order valence-electron chi connectivity index (χ2n) is 4.17. The lowest BCUT2D eigenvalue weighted by Crippen LogP contribution is -2.21. The van der Waals surface area contributed by atoms with Gasteiger partial charge >= 0.3 is 0 Å². The van der Waals surface area contributed by atoms with E-state index >= 15 is 0 Å². The fraction of sp³-hybridized carbons (Fsp3) is 0.308. The molecule has 0 saturated heterocycles. The smallest absolute Gasteiger partial charge is 0.0794 e. The van der Waals surface area contributed by atoms with Crippen molar-refractivity contribution in [2.45, 2.75) is 19.4 Å². The molecule has 0 bridgehead atoms. The zero-order valence-electron chi connectivity index (χ0n) is 10.3. The summed E-state index contributed by atoms with van der Waals surface area (Å²) in [6.45, 7) is 2.88. The van der Waals surface area contributed by atoms with E-state index in [0.717, 1.165) is 24.2 Å². The Morgan fingerprint density at radius 1 is 1.26 bits per heavy atom. The third-order valence-electron chi connectivity index (χ3n) is 2.85. The van der Waals surface area contributed by atoms with Crippen molar-refractivity contribution in [1.29, 1.82) is 0 Å². The molecule has 6 heteroatoms. The van der Waals surface area contributed by atoms with Gasteiger partial charge in [0, 0.05) is 24.4 Å². The van der Waals surface area contributed by atoms with Crippen molar-refractivity contribution in [2.24, 2.45) is 0 Å². The van der Waals surface area contributed by atoms with Gasteiger partial charge in [-0.05, 0) is 18.6 Å². The molecule has 102 valence electrons. The summed E-state index contributed by atoms with van der Waals surface area (Å²) in [5.41, 5.74) is 3.90. The molecular weight excluding hydrogens is 323 g/mol. The van der Waals surface area contributed by atoms with E-state index < -0.39 is 0 Å². The topological polar surface area (TPSA) is 24.9 Å². The maximum Gasteiger partial charge on any atom is 0.0794 e. The minimum Gasteiger partial charge on any atom is -0.310 e. The van der Waals surface area contributed by atoms with Crippen LogP contribution in [0.5, 0.6) is 0 Å². The van der Waals surface area contributed by atoms with Crippen LogP contribution >= 0.6 is 46.1 Å². The maximum absolute atomic E-state index is 6.20. The highest BCUT2D eigenvalue weighted by Crippen LogP contribution is 2.35. The van der Waals surface area contributed by atoms with Crippen molar-refractivity contribution >= 4 is 46.1 Å². The van der Waals surface area contributed by atoms with Crippen LogP contribution in [0.4, 0.5) is 0 Å². The van der Waals surface area contributed by atoms with Gasteiger partial charge in [0.05, 0.1) is 26.3 Å². The zero-order chi connectivity index (χ0) is 13.8. The third kappa shape index (κ3) is 3.83. The number of halogens is 3. The molecule has 1 aromatic heterocycles. The van der Waals surface area contributed by atoms with Crippen molar-refractivity contribution < 1.29 is 0 Å². The molecular formula is C13H13Cl3N2S. The molecule has 0 amide bonds. The Morgan fingerprint density at radius 2 is 2.05 bits per heavy atom. The van der Waals surface area contributed by atoms with E-state index in [0.29, 0.717) is 15.1 Å². The molecule has 0 aliphatic rings. The van der Waals surface area contributed by atoms with E-state index in [9.17, 15) is 0 Å². The maximum atomic E-state index is 6.20.